The van der Waals surface area contributed by atoms with Crippen LogP contribution < -0.4 is 10.9 Å². The number of hydrogen-bond acceptors (Lipinski definition) is 5. The van der Waals surface area contributed by atoms with E-state index < -0.39 is 0 Å². The molecule has 29 heavy (non-hydrogen) atoms. The molecule has 5 rings (SSSR count). The van der Waals surface area contributed by atoms with Gasteiger partial charge >= 0.3 is 0 Å². The van der Waals surface area contributed by atoms with Gasteiger partial charge in [0.2, 0.25) is 5.91 Å². The maximum Gasteiger partial charge on any atom is 0.262 e. The normalized spacial score (nSPS) is 18.2. The molecule has 148 valence electrons. The summed E-state index contributed by atoms with van der Waals surface area (Å²) in [6.07, 6.45) is 5.52. The zero-order valence-electron chi connectivity index (χ0n) is 16.2. The SMILES string of the molecule is C[C@H]1CCc2c(sc3ncn(CC(=O)c4ccc5c(c4)CCC(=O)N5)c(=O)c23)C1. The molecular formula is C22H21N3O3S. The monoisotopic (exact) mass is 407 g/mol. The fourth-order valence-corrected chi connectivity index (χ4v) is 5.62. The van der Waals surface area contributed by atoms with Gasteiger partial charge < -0.3 is 5.32 Å². The number of aromatic nitrogens is 2. The van der Waals surface area contributed by atoms with Crippen molar-refractivity contribution in [2.24, 2.45) is 5.92 Å². The summed E-state index contributed by atoms with van der Waals surface area (Å²) in [6, 6.07) is 5.29. The largest absolute Gasteiger partial charge is 0.326 e. The molecule has 2 aromatic heterocycles. The molecule has 0 spiro atoms. The Hall–Kier alpha value is -2.80. The molecule has 0 radical (unpaired) electrons. The smallest absolute Gasteiger partial charge is 0.262 e. The predicted octanol–water partition coefficient (Wildman–Crippen LogP) is 3.35. The van der Waals surface area contributed by atoms with Crippen LogP contribution in [-0.4, -0.2) is 21.2 Å². The fraction of sp³-hybridized carbons (Fsp3) is 0.364. The quantitative estimate of drug-likeness (QED) is 0.675. The van der Waals surface area contributed by atoms with Gasteiger partial charge in [0.25, 0.3) is 5.56 Å². The van der Waals surface area contributed by atoms with Gasteiger partial charge in [-0.25, -0.2) is 4.98 Å². The van der Waals surface area contributed by atoms with E-state index in [9.17, 15) is 14.4 Å². The minimum atomic E-state index is -0.134. The van der Waals surface area contributed by atoms with Crippen LogP contribution in [0.25, 0.3) is 10.2 Å². The van der Waals surface area contributed by atoms with Crippen LogP contribution in [0.15, 0.2) is 29.3 Å². The summed E-state index contributed by atoms with van der Waals surface area (Å²) in [5.74, 6) is 0.495. The molecule has 6 nitrogen and oxygen atoms in total. The second-order valence-corrected chi connectivity index (χ2v) is 9.14. The van der Waals surface area contributed by atoms with Crippen molar-refractivity contribution < 1.29 is 9.59 Å². The predicted molar refractivity (Wildman–Crippen MR) is 113 cm³/mol. The second-order valence-electron chi connectivity index (χ2n) is 8.05. The maximum atomic E-state index is 13.1. The molecule has 0 saturated carbocycles. The van der Waals surface area contributed by atoms with E-state index in [1.165, 1.54) is 15.8 Å². The van der Waals surface area contributed by atoms with Gasteiger partial charge in [-0.15, -0.1) is 11.3 Å². The standard InChI is InChI=1S/C22H21N3O3S/c1-12-2-5-15-18(8-12)29-21-20(15)22(28)25(11-23-21)10-17(26)14-3-6-16-13(9-14)4-7-19(27)24-16/h3,6,9,11-12H,2,4-5,7-8,10H2,1H3,(H,24,27)/t12-/m0/s1. The maximum absolute atomic E-state index is 13.1. The Labute approximate surface area is 171 Å². The third kappa shape index (κ3) is 3.19. The van der Waals surface area contributed by atoms with Crippen molar-refractivity contribution in [3.05, 3.63) is 56.4 Å². The first kappa shape index (κ1) is 18.2. The van der Waals surface area contributed by atoms with E-state index in [0.717, 1.165) is 40.9 Å². The molecule has 3 heterocycles. The van der Waals surface area contributed by atoms with Crippen LogP contribution in [-0.2, 0) is 30.6 Å². The van der Waals surface area contributed by atoms with E-state index in [-0.39, 0.29) is 23.8 Å². The first-order valence-electron chi connectivity index (χ1n) is 9.95. The molecule has 3 aromatic rings. The van der Waals surface area contributed by atoms with Crippen LogP contribution in [0.2, 0.25) is 0 Å². The van der Waals surface area contributed by atoms with Crippen LogP contribution in [0.4, 0.5) is 5.69 Å². The van der Waals surface area contributed by atoms with Crippen LogP contribution in [0.3, 0.4) is 0 Å². The lowest BCUT2D eigenvalue weighted by atomic mass is 9.89. The number of anilines is 1. The topological polar surface area (TPSA) is 81.1 Å². The molecule has 0 fully saturated rings. The third-order valence-electron chi connectivity index (χ3n) is 5.92. The number of aryl methyl sites for hydroxylation is 2. The van der Waals surface area contributed by atoms with Gasteiger partial charge in [-0.05, 0) is 60.9 Å². The number of nitrogens with zero attached hydrogens (tertiary/aromatic N) is 2. The third-order valence-corrected chi connectivity index (χ3v) is 7.08. The van der Waals surface area contributed by atoms with Crippen molar-refractivity contribution in [2.45, 2.75) is 45.6 Å². The Morgan fingerprint density at radius 2 is 2.14 bits per heavy atom. The van der Waals surface area contributed by atoms with Crippen LogP contribution >= 0.6 is 11.3 Å². The highest BCUT2D eigenvalue weighted by Gasteiger charge is 2.24. The summed E-state index contributed by atoms with van der Waals surface area (Å²) in [6.45, 7) is 2.20. The van der Waals surface area contributed by atoms with E-state index in [2.05, 4.69) is 17.2 Å². The highest BCUT2D eigenvalue weighted by atomic mass is 32.1. The fourth-order valence-electron chi connectivity index (χ4n) is 4.28. The zero-order valence-corrected chi connectivity index (χ0v) is 17.0. The molecule has 0 unspecified atom stereocenters. The number of carbonyl (C=O) groups excluding carboxylic acids is 2. The number of Topliss-reactive ketones (excluding diaryl/α,β-unsaturated/α-hetero) is 1. The summed E-state index contributed by atoms with van der Waals surface area (Å²) in [4.78, 5) is 44.0. The van der Waals surface area contributed by atoms with Gasteiger partial charge in [0.1, 0.15) is 4.83 Å². The average Bonchev–Trinajstić information content (AvgIpc) is 3.07. The van der Waals surface area contributed by atoms with Crippen molar-refractivity contribution in [2.75, 3.05) is 5.32 Å². The van der Waals surface area contributed by atoms with Gasteiger partial charge in [0.05, 0.1) is 18.3 Å². The second kappa shape index (κ2) is 6.91. The molecule has 2 aliphatic rings. The van der Waals surface area contributed by atoms with Crippen LogP contribution in [0.1, 0.15) is 46.1 Å². The number of rotatable bonds is 3. The minimum absolute atomic E-state index is 0.00371. The zero-order chi connectivity index (χ0) is 20.1. The molecular weight excluding hydrogens is 386 g/mol. The Balaban J connectivity index is 1.46. The molecule has 1 N–H and O–H groups in total. The van der Waals surface area contributed by atoms with Crippen molar-refractivity contribution in [1.29, 1.82) is 0 Å². The van der Waals surface area contributed by atoms with Crippen molar-refractivity contribution >= 4 is 38.9 Å². The lowest BCUT2D eigenvalue weighted by Gasteiger charge is -2.17. The van der Waals surface area contributed by atoms with Gasteiger partial charge in [-0.2, -0.15) is 0 Å². The first-order chi connectivity index (χ1) is 14.0. The summed E-state index contributed by atoms with van der Waals surface area (Å²) >= 11 is 1.61. The number of ketones is 1. The number of thiophene rings is 1. The number of amides is 1. The number of benzene rings is 1. The number of hydrogen-bond donors (Lipinski definition) is 1. The molecule has 1 aromatic carbocycles. The van der Waals surface area contributed by atoms with Crippen molar-refractivity contribution in [3.8, 4) is 0 Å². The Morgan fingerprint density at radius 3 is 3.00 bits per heavy atom. The number of carbonyl (C=O) groups is 2. The van der Waals surface area contributed by atoms with Crippen LogP contribution in [0.5, 0.6) is 0 Å². The minimum Gasteiger partial charge on any atom is -0.326 e. The average molecular weight is 407 g/mol. The lowest BCUT2D eigenvalue weighted by Crippen LogP contribution is -2.25. The molecule has 1 amide bonds. The molecule has 7 heteroatoms. The Bertz CT molecular complexity index is 1220. The molecule has 0 saturated heterocycles. The van der Waals surface area contributed by atoms with Crippen molar-refractivity contribution in [1.82, 2.24) is 9.55 Å². The summed E-state index contributed by atoms with van der Waals surface area (Å²) in [7, 11) is 0. The molecule has 1 atom stereocenters. The highest BCUT2D eigenvalue weighted by molar-refractivity contribution is 7.18. The Kier molecular flexibility index (Phi) is 4.35. The van der Waals surface area contributed by atoms with E-state index in [0.29, 0.717) is 29.7 Å². The van der Waals surface area contributed by atoms with E-state index in [1.807, 2.05) is 6.07 Å². The molecule has 0 bridgehead atoms. The summed E-state index contributed by atoms with van der Waals surface area (Å²) in [5.41, 5.74) is 3.27. The van der Waals surface area contributed by atoms with Crippen molar-refractivity contribution in [3.63, 3.8) is 0 Å². The first-order valence-corrected chi connectivity index (χ1v) is 10.8. The molecule has 1 aliphatic heterocycles. The van der Waals surface area contributed by atoms with E-state index in [1.54, 1.807) is 23.5 Å². The summed E-state index contributed by atoms with van der Waals surface area (Å²) < 4.78 is 1.43. The summed E-state index contributed by atoms with van der Waals surface area (Å²) in [5, 5.41) is 3.51. The molecule has 1 aliphatic carbocycles. The van der Waals surface area contributed by atoms with Gasteiger partial charge in [0.15, 0.2) is 5.78 Å². The van der Waals surface area contributed by atoms with Gasteiger partial charge in [0, 0.05) is 22.5 Å². The van der Waals surface area contributed by atoms with Gasteiger partial charge in [-0.3, -0.25) is 19.0 Å². The Morgan fingerprint density at radius 1 is 1.28 bits per heavy atom. The van der Waals surface area contributed by atoms with E-state index >= 15 is 0 Å². The number of nitrogens with one attached hydrogen (secondary N) is 1. The van der Waals surface area contributed by atoms with Gasteiger partial charge in [-0.1, -0.05) is 6.92 Å². The van der Waals surface area contributed by atoms with Crippen LogP contribution in [0, 0.1) is 5.92 Å². The van der Waals surface area contributed by atoms with E-state index in [4.69, 9.17) is 0 Å². The number of fused-ring (bicyclic) bond motifs is 4. The highest BCUT2D eigenvalue weighted by Crippen LogP contribution is 2.35. The lowest BCUT2D eigenvalue weighted by molar-refractivity contribution is -0.116.